The van der Waals surface area contributed by atoms with E-state index in [1.807, 2.05) is 0 Å². The highest BCUT2D eigenvalue weighted by molar-refractivity contribution is 7.15. The number of amides is 1. The summed E-state index contributed by atoms with van der Waals surface area (Å²) in [5.74, 6) is 0.132. The average Bonchev–Trinajstić information content (AvgIpc) is 2.96. The van der Waals surface area contributed by atoms with E-state index in [2.05, 4.69) is 58.9 Å². The summed E-state index contributed by atoms with van der Waals surface area (Å²) in [4.78, 5) is 12.3. The molecule has 1 fully saturated rings. The number of hydrogen-bond donors (Lipinski definition) is 2. The van der Waals surface area contributed by atoms with Crippen molar-refractivity contribution in [3.8, 4) is 0 Å². The normalized spacial score (nSPS) is 20.2. The topological polar surface area (TPSA) is 66.9 Å². The van der Waals surface area contributed by atoms with E-state index >= 15 is 0 Å². The second kappa shape index (κ2) is 8.55. The largest absolute Gasteiger partial charge is 0.314 e. The molecule has 0 bridgehead atoms. The number of piperidine rings is 1. The molecule has 2 aromatic rings. The third-order valence-corrected chi connectivity index (χ3v) is 5.01. The Morgan fingerprint density at radius 2 is 2.08 bits per heavy atom. The van der Waals surface area contributed by atoms with Crippen molar-refractivity contribution in [2.75, 3.05) is 11.9 Å². The van der Waals surface area contributed by atoms with E-state index in [0.29, 0.717) is 11.2 Å². The van der Waals surface area contributed by atoms with Crippen LogP contribution in [0.2, 0.25) is 0 Å². The molecule has 130 valence electrons. The maximum Gasteiger partial charge on any atom is 0.229 e. The van der Waals surface area contributed by atoms with Crippen LogP contribution in [0.4, 0.5) is 5.13 Å². The van der Waals surface area contributed by atoms with Gasteiger partial charge in [-0.25, -0.2) is 0 Å². The minimum Gasteiger partial charge on any atom is -0.314 e. The lowest BCUT2D eigenvalue weighted by Gasteiger charge is -2.26. The number of anilines is 1. The van der Waals surface area contributed by atoms with Gasteiger partial charge in [-0.2, -0.15) is 0 Å². The Balaban J connectivity index is 0.00000208. The summed E-state index contributed by atoms with van der Waals surface area (Å²) in [6, 6.07) is 8.79. The Bertz CT molecular complexity index is 673. The molecule has 0 spiro atoms. The molecule has 0 saturated carbocycles. The van der Waals surface area contributed by atoms with Crippen LogP contribution in [-0.4, -0.2) is 28.7 Å². The van der Waals surface area contributed by atoms with Crippen molar-refractivity contribution < 1.29 is 4.79 Å². The molecule has 2 heterocycles. The average molecular weight is 367 g/mol. The molecule has 2 atom stereocenters. The quantitative estimate of drug-likeness (QED) is 0.872. The van der Waals surface area contributed by atoms with Crippen LogP contribution in [-0.2, 0) is 11.2 Å². The number of carbonyl (C=O) groups excluding carboxylic acids is 1. The number of benzene rings is 1. The summed E-state index contributed by atoms with van der Waals surface area (Å²) >= 11 is 1.46. The van der Waals surface area contributed by atoms with E-state index in [1.165, 1.54) is 22.5 Å². The molecular formula is C17H23ClN4OS. The fourth-order valence-corrected chi connectivity index (χ4v) is 3.61. The van der Waals surface area contributed by atoms with Gasteiger partial charge in [0.25, 0.3) is 0 Å². The van der Waals surface area contributed by atoms with Crippen molar-refractivity contribution in [3.05, 3.63) is 40.4 Å². The van der Waals surface area contributed by atoms with E-state index in [1.54, 1.807) is 0 Å². The molecule has 2 N–H and O–H groups in total. The summed E-state index contributed by atoms with van der Waals surface area (Å²) in [5.41, 5.74) is 2.45. The van der Waals surface area contributed by atoms with Gasteiger partial charge in [0.05, 0.1) is 0 Å². The van der Waals surface area contributed by atoms with Crippen molar-refractivity contribution in [1.82, 2.24) is 15.5 Å². The van der Waals surface area contributed by atoms with Crippen LogP contribution < -0.4 is 10.6 Å². The van der Waals surface area contributed by atoms with Crippen molar-refractivity contribution in [2.24, 2.45) is 5.92 Å². The first kappa shape index (κ1) is 18.8. The molecular weight excluding hydrogens is 344 g/mol. The van der Waals surface area contributed by atoms with Crippen molar-refractivity contribution in [1.29, 1.82) is 0 Å². The molecule has 0 unspecified atom stereocenters. The monoisotopic (exact) mass is 366 g/mol. The highest BCUT2D eigenvalue weighted by Gasteiger charge is 2.25. The Kier molecular flexibility index (Phi) is 6.71. The number of nitrogens with one attached hydrogen (secondary N) is 2. The van der Waals surface area contributed by atoms with Crippen LogP contribution >= 0.6 is 23.7 Å². The van der Waals surface area contributed by atoms with Crippen LogP contribution in [0.1, 0.15) is 35.9 Å². The Morgan fingerprint density at radius 3 is 2.79 bits per heavy atom. The number of carbonyl (C=O) groups is 1. The highest BCUT2D eigenvalue weighted by atomic mass is 35.5. The van der Waals surface area contributed by atoms with Gasteiger partial charge in [-0.3, -0.25) is 4.79 Å². The van der Waals surface area contributed by atoms with Crippen LogP contribution in [0.25, 0.3) is 0 Å². The Labute approximate surface area is 152 Å². The summed E-state index contributed by atoms with van der Waals surface area (Å²) in [5, 5.41) is 16.1. The lowest BCUT2D eigenvalue weighted by Crippen LogP contribution is -2.40. The molecule has 1 aliphatic heterocycles. The lowest BCUT2D eigenvalue weighted by atomic mass is 9.93. The maximum atomic E-state index is 12.3. The minimum absolute atomic E-state index is 0. The smallest absolute Gasteiger partial charge is 0.229 e. The van der Waals surface area contributed by atoms with Crippen molar-refractivity contribution in [2.45, 2.75) is 39.2 Å². The fraction of sp³-hybridized carbons (Fsp3) is 0.471. The summed E-state index contributed by atoms with van der Waals surface area (Å²) in [6.45, 7) is 5.09. The third kappa shape index (κ3) is 5.00. The van der Waals surface area contributed by atoms with Crippen molar-refractivity contribution in [3.63, 3.8) is 0 Å². The lowest BCUT2D eigenvalue weighted by molar-refractivity contribution is -0.120. The van der Waals surface area contributed by atoms with Gasteiger partial charge in [0.15, 0.2) is 0 Å². The van der Waals surface area contributed by atoms with E-state index < -0.39 is 0 Å². The van der Waals surface area contributed by atoms with Gasteiger partial charge in [0.1, 0.15) is 5.01 Å². The summed E-state index contributed by atoms with van der Waals surface area (Å²) in [7, 11) is 0. The zero-order chi connectivity index (χ0) is 16.2. The first-order chi connectivity index (χ1) is 11.1. The van der Waals surface area contributed by atoms with Gasteiger partial charge in [-0.05, 0) is 38.8 Å². The first-order valence-corrected chi connectivity index (χ1v) is 8.84. The highest BCUT2D eigenvalue weighted by Crippen LogP contribution is 2.22. The Hall–Kier alpha value is -1.50. The van der Waals surface area contributed by atoms with E-state index in [-0.39, 0.29) is 24.2 Å². The van der Waals surface area contributed by atoms with Gasteiger partial charge in [0.2, 0.25) is 11.0 Å². The number of hydrogen-bond acceptors (Lipinski definition) is 5. The molecule has 1 aliphatic rings. The van der Waals surface area contributed by atoms with Gasteiger partial charge in [-0.15, -0.1) is 22.6 Å². The first-order valence-electron chi connectivity index (χ1n) is 8.02. The van der Waals surface area contributed by atoms with E-state index in [4.69, 9.17) is 0 Å². The van der Waals surface area contributed by atoms with Crippen LogP contribution in [0.3, 0.4) is 0 Å². The molecule has 1 aromatic carbocycles. The molecule has 7 heteroatoms. The second-order valence-corrected chi connectivity index (χ2v) is 7.29. The van der Waals surface area contributed by atoms with Gasteiger partial charge < -0.3 is 10.6 Å². The molecule has 1 aromatic heterocycles. The van der Waals surface area contributed by atoms with Crippen LogP contribution in [0.15, 0.2) is 24.3 Å². The SMILES string of the molecule is Cc1ccc(Cc2nnc(NC(=O)[C@H]3CCN[C@@H](C)C3)s2)cc1.Cl. The number of rotatable bonds is 4. The number of aryl methyl sites for hydroxylation is 1. The fourth-order valence-electron chi connectivity index (χ4n) is 2.83. The predicted octanol–water partition coefficient (Wildman–Crippen LogP) is 3.19. The zero-order valence-corrected chi connectivity index (χ0v) is 15.5. The van der Waals surface area contributed by atoms with Gasteiger partial charge in [0, 0.05) is 18.4 Å². The van der Waals surface area contributed by atoms with Gasteiger partial charge in [-0.1, -0.05) is 41.2 Å². The number of nitrogens with zero attached hydrogens (tertiary/aromatic N) is 2. The number of aromatic nitrogens is 2. The van der Waals surface area contributed by atoms with Crippen LogP contribution in [0, 0.1) is 12.8 Å². The molecule has 5 nitrogen and oxygen atoms in total. The molecule has 1 saturated heterocycles. The Morgan fingerprint density at radius 1 is 1.33 bits per heavy atom. The predicted molar refractivity (Wildman–Crippen MR) is 100.0 cm³/mol. The molecule has 0 radical (unpaired) electrons. The van der Waals surface area contributed by atoms with Gasteiger partial charge >= 0.3 is 0 Å². The number of halogens is 1. The van der Waals surface area contributed by atoms with E-state index in [0.717, 1.165) is 30.8 Å². The zero-order valence-electron chi connectivity index (χ0n) is 13.9. The molecule has 3 rings (SSSR count). The third-order valence-electron chi connectivity index (χ3n) is 4.17. The summed E-state index contributed by atoms with van der Waals surface area (Å²) in [6.07, 6.45) is 2.50. The summed E-state index contributed by atoms with van der Waals surface area (Å²) < 4.78 is 0. The van der Waals surface area contributed by atoms with Crippen molar-refractivity contribution >= 4 is 34.8 Å². The minimum atomic E-state index is 0. The molecule has 0 aliphatic carbocycles. The maximum absolute atomic E-state index is 12.3. The second-order valence-electron chi connectivity index (χ2n) is 6.23. The molecule has 1 amide bonds. The van der Waals surface area contributed by atoms with Crippen LogP contribution in [0.5, 0.6) is 0 Å². The van der Waals surface area contributed by atoms with E-state index in [9.17, 15) is 4.79 Å². The standard InChI is InChI=1S/C17H22N4OS.ClH/c1-11-3-5-13(6-4-11)10-15-20-21-17(23-15)19-16(22)14-7-8-18-12(2)9-14;/h3-6,12,14,18H,7-10H2,1-2H3,(H,19,21,22);1H/t12-,14-;/m0./s1. The molecule has 24 heavy (non-hydrogen) atoms.